The van der Waals surface area contributed by atoms with Crippen molar-refractivity contribution in [2.75, 3.05) is 11.9 Å². The summed E-state index contributed by atoms with van der Waals surface area (Å²) in [5.41, 5.74) is 2.90. The van der Waals surface area contributed by atoms with Crippen LogP contribution in [0, 0.1) is 6.92 Å². The number of nitrogens with one attached hydrogen (secondary N) is 1. The van der Waals surface area contributed by atoms with Gasteiger partial charge in [0.1, 0.15) is 24.3 Å². The summed E-state index contributed by atoms with van der Waals surface area (Å²) in [7, 11) is 0. The maximum absolute atomic E-state index is 12.2. The minimum atomic E-state index is -0.730. The Bertz CT molecular complexity index is 1080. The molecular weight excluding hydrogens is 496 g/mol. The quantitative estimate of drug-likeness (QED) is 0.0833. The van der Waals surface area contributed by atoms with Gasteiger partial charge in [0.25, 0.3) is 5.69 Å². The zero-order valence-corrected chi connectivity index (χ0v) is 20.9. The molecule has 0 aromatic heterocycles. The van der Waals surface area contributed by atoms with Gasteiger partial charge in [-0.1, -0.05) is 15.9 Å². The lowest BCUT2D eigenvalue weighted by atomic mass is 9.94. The number of unbranched alkanes of at least 4 members (excludes halogenated alkanes) is 1. The highest BCUT2D eigenvalue weighted by Crippen LogP contribution is 2.37. The number of carbonyl (C=O) groups excluding carboxylic acids is 2. The van der Waals surface area contributed by atoms with E-state index < -0.39 is 11.7 Å². The van der Waals surface area contributed by atoms with Crippen molar-refractivity contribution in [3.63, 3.8) is 0 Å². The molecule has 1 aliphatic heterocycles. The number of halogens is 1. The van der Waals surface area contributed by atoms with Gasteiger partial charge in [0.2, 0.25) is 6.21 Å². The van der Waals surface area contributed by atoms with E-state index in [2.05, 4.69) is 34.2 Å². The molecule has 2 aromatic carbocycles. The number of carbonyl (C=O) groups is 2. The van der Waals surface area contributed by atoms with E-state index in [1.165, 1.54) is 11.7 Å². The predicted molar refractivity (Wildman–Crippen MR) is 129 cm³/mol. The number of ether oxygens (including phenoxy) is 2. The summed E-state index contributed by atoms with van der Waals surface area (Å²) < 4.78 is 18.8. The largest absolute Gasteiger partial charge is 0.494 e. The summed E-state index contributed by atoms with van der Waals surface area (Å²) in [4.78, 5) is 23.8. The van der Waals surface area contributed by atoms with E-state index in [-0.39, 0.29) is 5.78 Å². The van der Waals surface area contributed by atoms with Crippen LogP contribution in [-0.4, -0.2) is 29.4 Å². The maximum Gasteiger partial charge on any atom is 0.412 e. The number of thiol groups is 1. The number of cyclic esters (lactones) is 1. The van der Waals surface area contributed by atoms with Gasteiger partial charge in [-0.25, -0.2) is 4.79 Å². The van der Waals surface area contributed by atoms with E-state index in [9.17, 15) is 9.59 Å². The molecule has 170 valence electrons. The number of amides is 1. The number of ketones is 1. The van der Waals surface area contributed by atoms with E-state index in [1.54, 1.807) is 0 Å². The number of Topliss-reactive ketones (excluding diaryl/α,β-unsaturated/α-hetero) is 1. The third-order valence-electron chi connectivity index (χ3n) is 5.19. The zero-order valence-electron chi connectivity index (χ0n) is 18.4. The van der Waals surface area contributed by atoms with E-state index in [4.69, 9.17) is 13.8 Å². The summed E-state index contributed by atoms with van der Waals surface area (Å²) in [6, 6.07) is 9.20. The monoisotopic (exact) mass is 521 g/mol. The molecule has 1 heterocycles. The molecule has 0 spiro atoms. The first-order valence-electron chi connectivity index (χ1n) is 10.2. The van der Waals surface area contributed by atoms with Gasteiger partial charge in [-0.3, -0.25) is 10.1 Å². The second-order valence-electron chi connectivity index (χ2n) is 7.94. The first-order valence-corrected chi connectivity index (χ1v) is 11.3. The van der Waals surface area contributed by atoms with Crippen molar-refractivity contribution >= 4 is 58.3 Å². The zero-order chi connectivity index (χ0) is 23.5. The van der Waals surface area contributed by atoms with E-state index in [1.807, 2.05) is 57.3 Å². The fraction of sp³-hybridized carbons (Fsp3) is 0.348. The topological polar surface area (TPSA) is 76.9 Å². The Labute approximate surface area is 201 Å². The molecule has 9 heteroatoms. The van der Waals surface area contributed by atoms with Crippen LogP contribution >= 0.6 is 28.8 Å². The minimum absolute atomic E-state index is 0.0542. The molecule has 2 aromatic rings. The Morgan fingerprint density at radius 2 is 2.06 bits per heavy atom. The van der Waals surface area contributed by atoms with Crippen molar-refractivity contribution in [2.45, 2.75) is 46.1 Å². The van der Waals surface area contributed by atoms with Gasteiger partial charge in [0, 0.05) is 27.3 Å². The molecule has 0 saturated carbocycles. The second-order valence-corrected chi connectivity index (χ2v) is 8.95. The molecule has 1 N–H and O–H groups in total. The number of fused-ring (bicyclic) bond motifs is 1. The lowest BCUT2D eigenvalue weighted by Crippen LogP contribution is -2.34. The number of anilines is 1. The van der Waals surface area contributed by atoms with Crippen molar-refractivity contribution in [1.82, 2.24) is 0 Å². The van der Waals surface area contributed by atoms with Crippen LogP contribution in [0.3, 0.4) is 0 Å². The third kappa shape index (κ3) is 5.27. The molecule has 1 amide bonds. The van der Waals surface area contributed by atoms with Gasteiger partial charge in [-0.05, 0) is 63.9 Å². The Morgan fingerprint density at radius 3 is 2.75 bits per heavy atom. The van der Waals surface area contributed by atoms with E-state index >= 15 is 0 Å². The standard InChI is InChI=1S/C23H25BrN2O5S/c1-14-18(24)8-10-20(21(14)15(2)27)26(31-32)11-5-6-12-29-16-7-9-19-17(13-16)23(3,4)30-22(28)25-19/h7-11,13H,5-6,12H2,1-4H3,(H-,25,28,32)/p+1. The van der Waals surface area contributed by atoms with Gasteiger partial charge >= 0.3 is 6.09 Å². The SMILES string of the molecule is CC(=O)c1c([N+](=CCCCOc2ccc3c(c2)C(C)(C)OC(=O)N3)OS)ccc(Br)c1C. The minimum Gasteiger partial charge on any atom is -0.494 e. The van der Waals surface area contributed by atoms with Crippen LogP contribution in [0.25, 0.3) is 0 Å². The Balaban J connectivity index is 1.65. The highest BCUT2D eigenvalue weighted by Gasteiger charge is 2.33. The van der Waals surface area contributed by atoms with Crippen LogP contribution in [0.5, 0.6) is 5.75 Å². The van der Waals surface area contributed by atoms with E-state index in [0.29, 0.717) is 36.4 Å². The van der Waals surface area contributed by atoms with Crippen molar-refractivity contribution in [1.29, 1.82) is 0 Å². The van der Waals surface area contributed by atoms with Crippen LogP contribution in [0.15, 0.2) is 34.8 Å². The number of benzene rings is 2. The predicted octanol–water partition coefficient (Wildman–Crippen LogP) is 6.11. The first-order chi connectivity index (χ1) is 15.1. The molecule has 0 fully saturated rings. The number of rotatable bonds is 8. The molecule has 0 aliphatic carbocycles. The average Bonchev–Trinajstić information content (AvgIpc) is 2.72. The van der Waals surface area contributed by atoms with Crippen molar-refractivity contribution in [2.24, 2.45) is 0 Å². The summed E-state index contributed by atoms with van der Waals surface area (Å²) in [6.07, 6.45) is 2.72. The molecule has 1 aliphatic rings. The first kappa shape index (κ1) is 24.1. The Morgan fingerprint density at radius 1 is 1.31 bits per heavy atom. The van der Waals surface area contributed by atoms with Gasteiger partial charge in [-0.15, -0.1) is 0 Å². The van der Waals surface area contributed by atoms with Crippen molar-refractivity contribution in [3.8, 4) is 5.75 Å². The molecule has 0 atom stereocenters. The van der Waals surface area contributed by atoms with Crippen LogP contribution < -0.4 is 10.1 Å². The molecule has 0 saturated heterocycles. The fourth-order valence-electron chi connectivity index (χ4n) is 3.60. The highest BCUT2D eigenvalue weighted by atomic mass is 79.9. The molecule has 0 radical (unpaired) electrons. The summed E-state index contributed by atoms with van der Waals surface area (Å²) in [5, 5.41) is 2.70. The summed E-state index contributed by atoms with van der Waals surface area (Å²) >= 11 is 7.41. The number of hydrogen-bond donors (Lipinski definition) is 2. The van der Waals surface area contributed by atoms with Gasteiger partial charge < -0.3 is 9.47 Å². The highest BCUT2D eigenvalue weighted by molar-refractivity contribution is 9.10. The van der Waals surface area contributed by atoms with E-state index in [0.717, 1.165) is 21.3 Å². The molecule has 3 rings (SSSR count). The van der Waals surface area contributed by atoms with Gasteiger partial charge in [0.15, 0.2) is 5.78 Å². The lowest BCUT2D eigenvalue weighted by molar-refractivity contribution is -0.672. The van der Waals surface area contributed by atoms with Crippen LogP contribution in [0.4, 0.5) is 16.2 Å². The summed E-state index contributed by atoms with van der Waals surface area (Å²) in [5.74, 6) is 0.641. The smallest absolute Gasteiger partial charge is 0.412 e. The molecular formula is C23H26BrN2O5S+. The molecule has 0 bridgehead atoms. The average molecular weight is 522 g/mol. The van der Waals surface area contributed by atoms with Crippen LogP contribution in [0.2, 0.25) is 0 Å². The van der Waals surface area contributed by atoms with Crippen LogP contribution in [0.1, 0.15) is 55.1 Å². The van der Waals surface area contributed by atoms with Crippen LogP contribution in [-0.2, 0) is 14.6 Å². The van der Waals surface area contributed by atoms with Crippen molar-refractivity contribution < 1.29 is 28.1 Å². The summed E-state index contributed by atoms with van der Waals surface area (Å²) in [6.45, 7) is 7.57. The van der Waals surface area contributed by atoms with Gasteiger partial charge in [-0.2, -0.15) is 4.28 Å². The Hall–Kier alpha value is -2.52. The maximum atomic E-state index is 12.2. The van der Waals surface area contributed by atoms with Gasteiger partial charge in [0.05, 0.1) is 17.9 Å². The molecule has 0 unspecified atom stereocenters. The fourth-order valence-corrected chi connectivity index (χ4v) is 4.09. The lowest BCUT2D eigenvalue weighted by Gasteiger charge is -2.32. The molecule has 7 nitrogen and oxygen atoms in total. The molecule has 32 heavy (non-hydrogen) atoms. The normalized spacial score (nSPS) is 14.8. The number of nitrogens with zero attached hydrogens (tertiary/aromatic N) is 1. The second kappa shape index (κ2) is 9.95. The Kier molecular flexibility index (Phi) is 7.51. The van der Waals surface area contributed by atoms with Crippen molar-refractivity contribution in [3.05, 3.63) is 51.5 Å². The number of hydrogen-bond acceptors (Lipinski definition) is 6. The third-order valence-corrected chi connectivity index (χ3v) is 6.23.